The Hall–Kier alpha value is -1.46. The third-order valence-electron chi connectivity index (χ3n) is 3.04. The Morgan fingerprint density at radius 3 is 3.28 bits per heavy atom. The second-order valence-electron chi connectivity index (χ2n) is 4.51. The maximum Gasteiger partial charge on any atom is 0.221 e. The molecule has 0 aromatic carbocycles. The number of ether oxygens (including phenoxy) is 1. The number of hydrogen-bond donors (Lipinski definition) is 2. The lowest BCUT2D eigenvalue weighted by Gasteiger charge is -2.23. The van der Waals surface area contributed by atoms with Crippen LogP contribution in [0.4, 0.5) is 0 Å². The molecule has 1 amide bonds. The zero-order valence-corrected chi connectivity index (χ0v) is 10.6. The summed E-state index contributed by atoms with van der Waals surface area (Å²) < 4.78 is 5.31. The van der Waals surface area contributed by atoms with Crippen LogP contribution in [0.1, 0.15) is 17.5 Å². The molecule has 1 aliphatic heterocycles. The highest BCUT2D eigenvalue weighted by Crippen LogP contribution is 2.05. The number of amides is 1. The molecule has 0 bridgehead atoms. The summed E-state index contributed by atoms with van der Waals surface area (Å²) >= 11 is 0. The second kappa shape index (κ2) is 6.47. The Morgan fingerprint density at radius 2 is 2.56 bits per heavy atom. The number of pyridine rings is 1. The molecule has 2 heterocycles. The molecule has 2 rings (SSSR count). The van der Waals surface area contributed by atoms with Crippen LogP contribution in [-0.4, -0.2) is 36.7 Å². The summed E-state index contributed by atoms with van der Waals surface area (Å²) in [6.45, 7) is 4.71. The smallest absolute Gasteiger partial charge is 0.221 e. The zero-order chi connectivity index (χ0) is 12.8. The molecule has 0 saturated carbocycles. The molecule has 1 aromatic heterocycles. The molecule has 1 saturated heterocycles. The third kappa shape index (κ3) is 3.78. The van der Waals surface area contributed by atoms with Crippen molar-refractivity contribution in [2.45, 2.75) is 25.9 Å². The number of nitrogens with zero attached hydrogens (tertiary/aromatic N) is 1. The quantitative estimate of drug-likeness (QED) is 0.810. The van der Waals surface area contributed by atoms with Gasteiger partial charge in [0, 0.05) is 37.9 Å². The molecule has 0 aliphatic carbocycles. The van der Waals surface area contributed by atoms with E-state index in [0.717, 1.165) is 24.3 Å². The fourth-order valence-electron chi connectivity index (χ4n) is 1.94. The monoisotopic (exact) mass is 249 g/mol. The molecular weight excluding hydrogens is 230 g/mol. The van der Waals surface area contributed by atoms with E-state index in [-0.39, 0.29) is 11.9 Å². The first-order valence-electron chi connectivity index (χ1n) is 6.23. The number of rotatable bonds is 4. The Kier molecular flexibility index (Phi) is 4.66. The van der Waals surface area contributed by atoms with Gasteiger partial charge in [0.05, 0.1) is 13.2 Å². The summed E-state index contributed by atoms with van der Waals surface area (Å²) in [5.41, 5.74) is 2.20. The average molecular weight is 249 g/mol. The van der Waals surface area contributed by atoms with Crippen LogP contribution in [0.5, 0.6) is 0 Å². The number of aryl methyl sites for hydroxylation is 1. The molecule has 1 atom stereocenters. The maximum absolute atomic E-state index is 11.8. The van der Waals surface area contributed by atoms with Gasteiger partial charge in [0.2, 0.25) is 5.91 Å². The van der Waals surface area contributed by atoms with Gasteiger partial charge in [-0.2, -0.15) is 0 Å². The van der Waals surface area contributed by atoms with Gasteiger partial charge in [0.15, 0.2) is 0 Å². The van der Waals surface area contributed by atoms with Gasteiger partial charge in [-0.25, -0.2) is 0 Å². The van der Waals surface area contributed by atoms with Crippen molar-refractivity contribution in [3.63, 3.8) is 0 Å². The van der Waals surface area contributed by atoms with Crippen LogP contribution in [0.15, 0.2) is 18.5 Å². The number of carbonyl (C=O) groups is 1. The van der Waals surface area contributed by atoms with Gasteiger partial charge < -0.3 is 15.4 Å². The minimum Gasteiger partial charge on any atom is -0.378 e. The van der Waals surface area contributed by atoms with Crippen molar-refractivity contribution in [1.82, 2.24) is 15.6 Å². The van der Waals surface area contributed by atoms with Crippen LogP contribution >= 0.6 is 0 Å². The predicted octanol–water partition coefficient (Wildman–Crippen LogP) is 0.385. The lowest BCUT2D eigenvalue weighted by Crippen LogP contribution is -2.44. The van der Waals surface area contributed by atoms with E-state index in [9.17, 15) is 4.79 Å². The molecule has 98 valence electrons. The van der Waals surface area contributed by atoms with E-state index in [0.29, 0.717) is 19.6 Å². The SMILES string of the molecule is Cc1cnccc1CNC(=O)CC1COCCN1. The molecule has 0 radical (unpaired) electrons. The first kappa shape index (κ1) is 13.0. The highest BCUT2D eigenvalue weighted by molar-refractivity contribution is 5.76. The number of nitrogens with one attached hydrogen (secondary N) is 2. The van der Waals surface area contributed by atoms with Crippen molar-refractivity contribution in [1.29, 1.82) is 0 Å². The molecule has 1 fully saturated rings. The lowest BCUT2D eigenvalue weighted by atomic mass is 10.1. The summed E-state index contributed by atoms with van der Waals surface area (Å²) in [7, 11) is 0. The van der Waals surface area contributed by atoms with Gasteiger partial charge in [-0.1, -0.05) is 0 Å². The highest BCUT2D eigenvalue weighted by Gasteiger charge is 2.16. The van der Waals surface area contributed by atoms with Crippen LogP contribution in [0.25, 0.3) is 0 Å². The van der Waals surface area contributed by atoms with Crippen LogP contribution in [0, 0.1) is 6.92 Å². The maximum atomic E-state index is 11.8. The van der Waals surface area contributed by atoms with Crippen molar-refractivity contribution in [2.24, 2.45) is 0 Å². The van der Waals surface area contributed by atoms with Gasteiger partial charge in [-0.3, -0.25) is 9.78 Å². The Labute approximate surface area is 107 Å². The lowest BCUT2D eigenvalue weighted by molar-refractivity contribution is -0.122. The van der Waals surface area contributed by atoms with Crippen molar-refractivity contribution in [3.05, 3.63) is 29.6 Å². The van der Waals surface area contributed by atoms with E-state index in [1.807, 2.05) is 13.0 Å². The second-order valence-corrected chi connectivity index (χ2v) is 4.51. The largest absolute Gasteiger partial charge is 0.378 e. The van der Waals surface area contributed by atoms with Crippen LogP contribution < -0.4 is 10.6 Å². The Bertz CT molecular complexity index is 403. The zero-order valence-electron chi connectivity index (χ0n) is 10.6. The van der Waals surface area contributed by atoms with E-state index >= 15 is 0 Å². The molecule has 1 aromatic rings. The van der Waals surface area contributed by atoms with Gasteiger partial charge in [0.1, 0.15) is 0 Å². The van der Waals surface area contributed by atoms with Crippen molar-refractivity contribution in [2.75, 3.05) is 19.8 Å². The summed E-state index contributed by atoms with van der Waals surface area (Å²) in [6.07, 6.45) is 4.01. The summed E-state index contributed by atoms with van der Waals surface area (Å²) in [6, 6.07) is 2.06. The molecule has 2 N–H and O–H groups in total. The highest BCUT2D eigenvalue weighted by atomic mass is 16.5. The minimum absolute atomic E-state index is 0.0502. The molecule has 0 spiro atoms. The van der Waals surface area contributed by atoms with E-state index in [2.05, 4.69) is 15.6 Å². The van der Waals surface area contributed by atoms with Crippen LogP contribution in [0.2, 0.25) is 0 Å². The van der Waals surface area contributed by atoms with E-state index in [4.69, 9.17) is 4.74 Å². The minimum atomic E-state index is 0.0502. The number of morpholine rings is 1. The number of carbonyl (C=O) groups excluding carboxylic acids is 1. The Balaban J connectivity index is 1.76. The van der Waals surface area contributed by atoms with Gasteiger partial charge in [-0.15, -0.1) is 0 Å². The molecule has 5 nitrogen and oxygen atoms in total. The normalized spacial score (nSPS) is 19.5. The topological polar surface area (TPSA) is 63.2 Å². The Morgan fingerprint density at radius 1 is 1.67 bits per heavy atom. The van der Waals surface area contributed by atoms with Gasteiger partial charge >= 0.3 is 0 Å². The standard InChI is InChI=1S/C13H19N3O2/c1-10-7-14-3-2-11(10)8-16-13(17)6-12-9-18-5-4-15-12/h2-3,7,12,15H,4-6,8-9H2,1H3,(H,16,17). The molecular formula is C13H19N3O2. The third-order valence-corrected chi connectivity index (χ3v) is 3.04. The first-order valence-corrected chi connectivity index (χ1v) is 6.23. The summed E-state index contributed by atoms with van der Waals surface area (Å²) in [4.78, 5) is 15.8. The molecule has 18 heavy (non-hydrogen) atoms. The number of hydrogen-bond acceptors (Lipinski definition) is 4. The van der Waals surface area contributed by atoms with Crippen molar-refractivity contribution >= 4 is 5.91 Å². The van der Waals surface area contributed by atoms with Crippen molar-refractivity contribution in [3.8, 4) is 0 Å². The molecule has 1 unspecified atom stereocenters. The van der Waals surface area contributed by atoms with E-state index in [1.54, 1.807) is 12.4 Å². The fraction of sp³-hybridized carbons (Fsp3) is 0.538. The van der Waals surface area contributed by atoms with Gasteiger partial charge in [-0.05, 0) is 24.1 Å². The fourth-order valence-corrected chi connectivity index (χ4v) is 1.94. The van der Waals surface area contributed by atoms with Crippen molar-refractivity contribution < 1.29 is 9.53 Å². The first-order chi connectivity index (χ1) is 8.75. The molecule has 5 heteroatoms. The van der Waals surface area contributed by atoms with Crippen LogP contribution in [-0.2, 0) is 16.1 Å². The van der Waals surface area contributed by atoms with E-state index in [1.165, 1.54) is 0 Å². The summed E-state index contributed by atoms with van der Waals surface area (Å²) in [5, 5.41) is 6.19. The predicted molar refractivity (Wildman–Crippen MR) is 68.0 cm³/mol. The average Bonchev–Trinajstić information content (AvgIpc) is 2.39. The van der Waals surface area contributed by atoms with Crippen LogP contribution in [0.3, 0.4) is 0 Å². The number of aromatic nitrogens is 1. The molecule has 1 aliphatic rings. The summed E-state index contributed by atoms with van der Waals surface area (Å²) in [5.74, 6) is 0.0502. The van der Waals surface area contributed by atoms with Gasteiger partial charge in [0.25, 0.3) is 0 Å². The van der Waals surface area contributed by atoms with E-state index < -0.39 is 0 Å².